The maximum atomic E-state index is 9.82. The fraction of sp³-hybridized carbons (Fsp3) is 0.571. The van der Waals surface area contributed by atoms with Crippen molar-refractivity contribution >= 4 is 0 Å². The molecule has 1 atom stereocenters. The van der Waals surface area contributed by atoms with Crippen molar-refractivity contribution in [2.75, 3.05) is 27.3 Å². The van der Waals surface area contributed by atoms with Gasteiger partial charge in [0.25, 0.3) is 0 Å². The number of nitrogens with zero attached hydrogens (tertiary/aromatic N) is 1. The van der Waals surface area contributed by atoms with Crippen LogP contribution in [0.5, 0.6) is 5.75 Å². The minimum absolute atomic E-state index is 0.0128. The average molecular weight is 253 g/mol. The summed E-state index contributed by atoms with van der Waals surface area (Å²) in [5, 5.41) is 19.3. The number of benzene rings is 1. The van der Waals surface area contributed by atoms with E-state index in [9.17, 15) is 10.2 Å². The average Bonchev–Trinajstić information content (AvgIpc) is 2.28. The molecular weight excluding hydrogens is 230 g/mol. The predicted octanol–water partition coefficient (Wildman–Crippen LogP) is 1.43. The Morgan fingerprint density at radius 1 is 1.28 bits per heavy atom. The van der Waals surface area contributed by atoms with E-state index in [2.05, 4.69) is 0 Å². The molecule has 18 heavy (non-hydrogen) atoms. The summed E-state index contributed by atoms with van der Waals surface area (Å²) in [4.78, 5) is 1.95. The first-order chi connectivity index (χ1) is 8.37. The zero-order valence-electron chi connectivity index (χ0n) is 11.6. The van der Waals surface area contributed by atoms with Gasteiger partial charge in [-0.05, 0) is 38.6 Å². The number of hydrogen-bond donors (Lipinski definition) is 2. The number of aliphatic hydroxyl groups excluding tert-OH is 1. The molecule has 4 nitrogen and oxygen atoms in total. The van der Waals surface area contributed by atoms with E-state index in [4.69, 9.17) is 4.74 Å². The largest absolute Gasteiger partial charge is 0.497 e. The van der Waals surface area contributed by atoms with E-state index in [0.29, 0.717) is 6.54 Å². The lowest BCUT2D eigenvalue weighted by Gasteiger charge is -2.31. The summed E-state index contributed by atoms with van der Waals surface area (Å²) >= 11 is 0. The zero-order chi connectivity index (χ0) is 13.8. The Kier molecular flexibility index (Phi) is 5.14. The van der Waals surface area contributed by atoms with Crippen LogP contribution in [0.1, 0.15) is 25.5 Å². The minimum atomic E-state index is -0.783. The van der Waals surface area contributed by atoms with Crippen molar-refractivity contribution in [3.63, 3.8) is 0 Å². The molecule has 0 aliphatic heterocycles. The molecule has 2 N–H and O–H groups in total. The first-order valence-electron chi connectivity index (χ1n) is 6.05. The molecule has 102 valence electrons. The van der Waals surface area contributed by atoms with Gasteiger partial charge in [-0.3, -0.25) is 4.90 Å². The second-order valence-electron chi connectivity index (χ2n) is 5.20. The summed E-state index contributed by atoms with van der Waals surface area (Å²) in [6.45, 7) is 4.01. The molecule has 0 fully saturated rings. The van der Waals surface area contributed by atoms with Crippen LogP contribution in [-0.2, 0) is 0 Å². The van der Waals surface area contributed by atoms with Crippen molar-refractivity contribution in [2.24, 2.45) is 0 Å². The van der Waals surface area contributed by atoms with E-state index in [0.717, 1.165) is 11.3 Å². The third-order valence-corrected chi connectivity index (χ3v) is 2.84. The Morgan fingerprint density at radius 2 is 1.83 bits per heavy atom. The molecule has 0 heterocycles. The monoisotopic (exact) mass is 253 g/mol. The van der Waals surface area contributed by atoms with Crippen molar-refractivity contribution in [1.82, 2.24) is 4.90 Å². The molecule has 1 rings (SSSR count). The van der Waals surface area contributed by atoms with Crippen LogP contribution >= 0.6 is 0 Å². The summed E-state index contributed by atoms with van der Waals surface area (Å²) in [7, 11) is 3.52. The quantitative estimate of drug-likeness (QED) is 0.805. The highest BCUT2D eigenvalue weighted by Crippen LogP contribution is 2.23. The number of hydrogen-bond acceptors (Lipinski definition) is 4. The van der Waals surface area contributed by atoms with Crippen molar-refractivity contribution in [3.05, 3.63) is 29.8 Å². The lowest BCUT2D eigenvalue weighted by Crippen LogP contribution is -2.39. The molecule has 0 amide bonds. The lowest BCUT2D eigenvalue weighted by molar-refractivity contribution is 0.0207. The maximum absolute atomic E-state index is 9.82. The fourth-order valence-corrected chi connectivity index (χ4v) is 2.05. The van der Waals surface area contributed by atoms with E-state index in [-0.39, 0.29) is 12.6 Å². The summed E-state index contributed by atoms with van der Waals surface area (Å²) in [6, 6.07) is 7.48. The molecule has 0 saturated carbocycles. The normalized spacial score (nSPS) is 13.7. The van der Waals surface area contributed by atoms with E-state index in [1.165, 1.54) is 0 Å². The summed E-state index contributed by atoms with van der Waals surface area (Å²) < 4.78 is 5.11. The summed E-state index contributed by atoms with van der Waals surface area (Å²) in [5.74, 6) is 0.792. The maximum Gasteiger partial charge on any atom is 0.118 e. The molecule has 0 spiro atoms. The van der Waals surface area contributed by atoms with Crippen LogP contribution in [0, 0.1) is 0 Å². The molecule has 0 aliphatic carbocycles. The number of ether oxygens (including phenoxy) is 1. The van der Waals surface area contributed by atoms with Gasteiger partial charge in [-0.2, -0.15) is 0 Å². The molecule has 4 heteroatoms. The van der Waals surface area contributed by atoms with E-state index in [1.54, 1.807) is 21.0 Å². The number of rotatable bonds is 6. The molecule has 1 aromatic carbocycles. The smallest absolute Gasteiger partial charge is 0.118 e. The Labute approximate surface area is 109 Å². The third-order valence-electron chi connectivity index (χ3n) is 2.84. The predicted molar refractivity (Wildman–Crippen MR) is 71.7 cm³/mol. The van der Waals surface area contributed by atoms with Crippen LogP contribution in [0.2, 0.25) is 0 Å². The van der Waals surface area contributed by atoms with Crippen molar-refractivity contribution in [1.29, 1.82) is 0 Å². The third kappa shape index (κ3) is 4.29. The van der Waals surface area contributed by atoms with Gasteiger partial charge >= 0.3 is 0 Å². The van der Waals surface area contributed by atoms with E-state index >= 15 is 0 Å². The number of likely N-dealkylation sites (N-methyl/N-ethyl adjacent to an activating group) is 1. The minimum Gasteiger partial charge on any atom is -0.497 e. The topological polar surface area (TPSA) is 52.9 Å². The fourth-order valence-electron chi connectivity index (χ4n) is 2.05. The molecular formula is C14H23NO3. The highest BCUT2D eigenvalue weighted by Gasteiger charge is 2.22. The lowest BCUT2D eigenvalue weighted by atomic mass is 10.0. The SMILES string of the molecule is COc1ccc(C(CO)N(C)CC(C)(C)O)cc1. The van der Waals surface area contributed by atoms with Crippen LogP contribution in [0.25, 0.3) is 0 Å². The van der Waals surface area contributed by atoms with Crippen molar-refractivity contribution in [2.45, 2.75) is 25.5 Å². The first-order valence-corrected chi connectivity index (χ1v) is 6.05. The molecule has 1 unspecified atom stereocenters. The standard InChI is InChI=1S/C14H23NO3/c1-14(2,17)10-15(3)13(9-16)11-5-7-12(18-4)8-6-11/h5-8,13,16-17H,9-10H2,1-4H3. The first kappa shape index (κ1) is 15.0. The summed E-state index contributed by atoms with van der Waals surface area (Å²) in [6.07, 6.45) is 0. The molecule has 0 bridgehead atoms. The van der Waals surface area contributed by atoms with Gasteiger partial charge in [0.15, 0.2) is 0 Å². The van der Waals surface area contributed by atoms with Crippen LogP contribution in [0.3, 0.4) is 0 Å². The number of aliphatic hydroxyl groups is 2. The van der Waals surface area contributed by atoms with Gasteiger partial charge in [0, 0.05) is 6.54 Å². The van der Waals surface area contributed by atoms with Crippen LogP contribution in [0.4, 0.5) is 0 Å². The Hall–Kier alpha value is -1.10. The van der Waals surface area contributed by atoms with E-state index < -0.39 is 5.60 Å². The zero-order valence-corrected chi connectivity index (χ0v) is 11.6. The van der Waals surface area contributed by atoms with Crippen molar-refractivity contribution in [3.8, 4) is 5.75 Å². The second kappa shape index (κ2) is 6.18. The molecule has 0 radical (unpaired) electrons. The van der Waals surface area contributed by atoms with E-state index in [1.807, 2.05) is 36.2 Å². The van der Waals surface area contributed by atoms with Crippen molar-refractivity contribution < 1.29 is 14.9 Å². The van der Waals surface area contributed by atoms with Gasteiger partial charge in [0.1, 0.15) is 5.75 Å². The molecule has 0 aliphatic rings. The second-order valence-corrected chi connectivity index (χ2v) is 5.20. The molecule has 0 aromatic heterocycles. The molecule has 1 aromatic rings. The Bertz CT molecular complexity index is 356. The number of methoxy groups -OCH3 is 1. The van der Waals surface area contributed by atoms with Crippen LogP contribution in [0.15, 0.2) is 24.3 Å². The van der Waals surface area contributed by atoms with Gasteiger partial charge in [0.2, 0.25) is 0 Å². The van der Waals surface area contributed by atoms with Gasteiger partial charge in [-0.1, -0.05) is 12.1 Å². The Balaban J connectivity index is 2.81. The molecule has 0 saturated heterocycles. The van der Waals surface area contributed by atoms with Gasteiger partial charge in [-0.15, -0.1) is 0 Å². The van der Waals surface area contributed by atoms with Gasteiger partial charge in [-0.25, -0.2) is 0 Å². The van der Waals surface area contributed by atoms with Gasteiger partial charge in [0.05, 0.1) is 25.4 Å². The van der Waals surface area contributed by atoms with Crippen LogP contribution < -0.4 is 4.74 Å². The van der Waals surface area contributed by atoms with Gasteiger partial charge < -0.3 is 14.9 Å². The van der Waals surface area contributed by atoms with Crippen LogP contribution in [-0.4, -0.2) is 48.0 Å². The highest BCUT2D eigenvalue weighted by atomic mass is 16.5. The highest BCUT2D eigenvalue weighted by molar-refractivity contribution is 5.29. The summed E-state index contributed by atoms with van der Waals surface area (Å²) in [5.41, 5.74) is 0.222. The Morgan fingerprint density at radius 3 is 2.22 bits per heavy atom.